The molecule has 0 radical (unpaired) electrons. The molecule has 0 spiro atoms. The fourth-order valence-electron chi connectivity index (χ4n) is 3.19. The number of carbonyl (C=O) groups is 1. The molecule has 1 N–H and O–H groups in total. The molecule has 2 aromatic rings. The summed E-state index contributed by atoms with van der Waals surface area (Å²) in [5.41, 5.74) is 1.59. The molecule has 2 heterocycles. The lowest BCUT2D eigenvalue weighted by Crippen LogP contribution is -2.45. The van der Waals surface area contributed by atoms with Crippen LogP contribution in [0.25, 0.3) is 10.9 Å². The van der Waals surface area contributed by atoms with Crippen LogP contribution in [0.1, 0.15) is 25.3 Å². The summed E-state index contributed by atoms with van der Waals surface area (Å²) >= 11 is 0. The standard InChI is InChI=1S/C17H20N2O2/c1-17(16(20)21)8-4-10-19(12-17)11-13-7-9-18-15-6-3-2-5-14(13)15/h2-3,5-7,9H,4,8,10-12H2,1H3,(H,20,21). The van der Waals surface area contributed by atoms with Gasteiger partial charge in [0.2, 0.25) is 0 Å². The number of piperidine rings is 1. The summed E-state index contributed by atoms with van der Waals surface area (Å²) in [5.74, 6) is -0.688. The number of carboxylic acid groups (broad SMARTS) is 1. The number of nitrogens with zero attached hydrogens (tertiary/aromatic N) is 2. The Morgan fingerprint density at radius 3 is 3.00 bits per heavy atom. The van der Waals surface area contributed by atoms with Crippen LogP contribution in [-0.2, 0) is 11.3 Å². The quantitative estimate of drug-likeness (QED) is 0.941. The summed E-state index contributed by atoms with van der Waals surface area (Å²) in [6.45, 7) is 4.20. The van der Waals surface area contributed by atoms with E-state index in [1.165, 1.54) is 5.56 Å². The number of likely N-dealkylation sites (tertiary alicyclic amines) is 1. The van der Waals surface area contributed by atoms with Crippen molar-refractivity contribution in [3.8, 4) is 0 Å². The Balaban J connectivity index is 1.84. The van der Waals surface area contributed by atoms with E-state index < -0.39 is 11.4 Å². The molecule has 0 saturated carbocycles. The lowest BCUT2D eigenvalue weighted by molar-refractivity contribution is -0.151. The van der Waals surface area contributed by atoms with Gasteiger partial charge >= 0.3 is 5.97 Å². The second kappa shape index (κ2) is 5.45. The molecule has 1 fully saturated rings. The van der Waals surface area contributed by atoms with Gasteiger partial charge in [-0.2, -0.15) is 0 Å². The molecule has 110 valence electrons. The van der Waals surface area contributed by atoms with Gasteiger partial charge in [0.1, 0.15) is 0 Å². The van der Waals surface area contributed by atoms with Crippen LogP contribution in [-0.4, -0.2) is 34.0 Å². The first-order chi connectivity index (χ1) is 10.1. The Labute approximate surface area is 124 Å². The maximum atomic E-state index is 11.4. The molecule has 1 aliphatic heterocycles. The number of benzene rings is 1. The summed E-state index contributed by atoms with van der Waals surface area (Å²) in [6.07, 6.45) is 3.53. The lowest BCUT2D eigenvalue weighted by Gasteiger charge is -2.37. The van der Waals surface area contributed by atoms with Crippen molar-refractivity contribution in [1.82, 2.24) is 9.88 Å². The Bertz CT molecular complexity index is 665. The van der Waals surface area contributed by atoms with E-state index in [1.807, 2.05) is 37.4 Å². The lowest BCUT2D eigenvalue weighted by atomic mass is 9.82. The van der Waals surface area contributed by atoms with Crippen molar-refractivity contribution < 1.29 is 9.90 Å². The normalized spacial score (nSPS) is 23.3. The van der Waals surface area contributed by atoms with Crippen molar-refractivity contribution in [3.63, 3.8) is 0 Å². The molecule has 0 bridgehead atoms. The number of carboxylic acids is 1. The predicted molar refractivity (Wildman–Crippen MR) is 82.0 cm³/mol. The minimum atomic E-state index is -0.688. The molecule has 1 aliphatic rings. The van der Waals surface area contributed by atoms with Gasteiger partial charge in [-0.3, -0.25) is 14.7 Å². The number of aromatic nitrogens is 1. The minimum Gasteiger partial charge on any atom is -0.481 e. The van der Waals surface area contributed by atoms with Gasteiger partial charge in [0.05, 0.1) is 10.9 Å². The van der Waals surface area contributed by atoms with Crippen LogP contribution in [0.5, 0.6) is 0 Å². The Morgan fingerprint density at radius 2 is 2.19 bits per heavy atom. The van der Waals surface area contributed by atoms with E-state index in [0.29, 0.717) is 6.54 Å². The number of fused-ring (bicyclic) bond motifs is 1. The molecular weight excluding hydrogens is 264 g/mol. The molecule has 4 nitrogen and oxygen atoms in total. The average Bonchev–Trinajstić information content (AvgIpc) is 2.48. The van der Waals surface area contributed by atoms with E-state index in [4.69, 9.17) is 0 Å². The molecule has 0 amide bonds. The van der Waals surface area contributed by atoms with Crippen LogP contribution in [0.3, 0.4) is 0 Å². The van der Waals surface area contributed by atoms with Crippen molar-refractivity contribution in [2.75, 3.05) is 13.1 Å². The monoisotopic (exact) mass is 284 g/mol. The van der Waals surface area contributed by atoms with E-state index in [-0.39, 0.29) is 0 Å². The fourth-order valence-corrected chi connectivity index (χ4v) is 3.19. The number of para-hydroxylation sites is 1. The summed E-state index contributed by atoms with van der Waals surface area (Å²) < 4.78 is 0. The van der Waals surface area contributed by atoms with Crippen molar-refractivity contribution in [2.45, 2.75) is 26.3 Å². The molecule has 1 unspecified atom stereocenters. The Hall–Kier alpha value is -1.94. The highest BCUT2D eigenvalue weighted by Crippen LogP contribution is 2.31. The first-order valence-electron chi connectivity index (χ1n) is 7.37. The van der Waals surface area contributed by atoms with Gasteiger partial charge < -0.3 is 5.11 Å². The smallest absolute Gasteiger partial charge is 0.310 e. The van der Waals surface area contributed by atoms with Crippen LogP contribution in [0.4, 0.5) is 0 Å². The van der Waals surface area contributed by atoms with E-state index >= 15 is 0 Å². The van der Waals surface area contributed by atoms with Crippen LogP contribution in [0, 0.1) is 5.41 Å². The third kappa shape index (κ3) is 2.76. The van der Waals surface area contributed by atoms with E-state index in [9.17, 15) is 9.90 Å². The molecular formula is C17H20N2O2. The highest BCUT2D eigenvalue weighted by molar-refractivity contribution is 5.81. The number of pyridine rings is 1. The summed E-state index contributed by atoms with van der Waals surface area (Å²) in [6, 6.07) is 10.1. The van der Waals surface area contributed by atoms with E-state index in [2.05, 4.69) is 16.0 Å². The number of hydrogen-bond donors (Lipinski definition) is 1. The molecule has 1 aromatic heterocycles. The summed E-state index contributed by atoms with van der Waals surface area (Å²) in [7, 11) is 0. The zero-order chi connectivity index (χ0) is 14.9. The van der Waals surface area contributed by atoms with Crippen LogP contribution in [0.15, 0.2) is 36.5 Å². The second-order valence-electron chi connectivity index (χ2n) is 6.17. The van der Waals surface area contributed by atoms with E-state index in [1.54, 1.807) is 0 Å². The largest absolute Gasteiger partial charge is 0.481 e. The topological polar surface area (TPSA) is 53.4 Å². The van der Waals surface area contributed by atoms with Gasteiger partial charge in [-0.05, 0) is 44.0 Å². The maximum absolute atomic E-state index is 11.4. The molecule has 1 aromatic carbocycles. The average molecular weight is 284 g/mol. The zero-order valence-corrected chi connectivity index (χ0v) is 12.2. The molecule has 4 heteroatoms. The third-order valence-corrected chi connectivity index (χ3v) is 4.43. The van der Waals surface area contributed by atoms with Crippen LogP contribution < -0.4 is 0 Å². The van der Waals surface area contributed by atoms with Gasteiger partial charge in [0, 0.05) is 24.7 Å². The Kier molecular flexibility index (Phi) is 3.64. The highest BCUT2D eigenvalue weighted by Gasteiger charge is 2.37. The Morgan fingerprint density at radius 1 is 1.38 bits per heavy atom. The SMILES string of the molecule is CC1(C(=O)O)CCCN(Cc2ccnc3ccccc23)C1. The van der Waals surface area contributed by atoms with Crippen molar-refractivity contribution >= 4 is 16.9 Å². The number of rotatable bonds is 3. The second-order valence-corrected chi connectivity index (χ2v) is 6.17. The van der Waals surface area contributed by atoms with Gasteiger partial charge in [0.25, 0.3) is 0 Å². The maximum Gasteiger partial charge on any atom is 0.310 e. The third-order valence-electron chi connectivity index (χ3n) is 4.43. The van der Waals surface area contributed by atoms with Gasteiger partial charge in [-0.25, -0.2) is 0 Å². The summed E-state index contributed by atoms with van der Waals surface area (Å²) in [5, 5.41) is 10.6. The van der Waals surface area contributed by atoms with Crippen molar-refractivity contribution in [3.05, 3.63) is 42.1 Å². The van der Waals surface area contributed by atoms with Crippen LogP contribution in [0.2, 0.25) is 0 Å². The minimum absolute atomic E-state index is 0.610. The van der Waals surface area contributed by atoms with Gasteiger partial charge in [-0.15, -0.1) is 0 Å². The highest BCUT2D eigenvalue weighted by atomic mass is 16.4. The number of aliphatic carboxylic acids is 1. The number of hydrogen-bond acceptors (Lipinski definition) is 3. The molecule has 1 saturated heterocycles. The first-order valence-corrected chi connectivity index (χ1v) is 7.37. The van der Waals surface area contributed by atoms with Crippen molar-refractivity contribution in [2.24, 2.45) is 5.41 Å². The summed E-state index contributed by atoms with van der Waals surface area (Å²) in [4.78, 5) is 18.1. The molecule has 3 rings (SSSR count). The fraction of sp³-hybridized carbons (Fsp3) is 0.412. The predicted octanol–water partition coefficient (Wildman–Crippen LogP) is 2.92. The van der Waals surface area contributed by atoms with E-state index in [0.717, 1.165) is 36.8 Å². The van der Waals surface area contributed by atoms with Crippen LogP contribution >= 0.6 is 0 Å². The van der Waals surface area contributed by atoms with Gasteiger partial charge in [-0.1, -0.05) is 18.2 Å². The first kappa shape index (κ1) is 14.0. The zero-order valence-electron chi connectivity index (χ0n) is 12.2. The van der Waals surface area contributed by atoms with Gasteiger partial charge in [0.15, 0.2) is 0 Å². The molecule has 21 heavy (non-hydrogen) atoms. The van der Waals surface area contributed by atoms with Crippen molar-refractivity contribution in [1.29, 1.82) is 0 Å². The molecule has 1 atom stereocenters. The molecule has 0 aliphatic carbocycles.